The van der Waals surface area contributed by atoms with Gasteiger partial charge in [0.25, 0.3) is 5.56 Å². The van der Waals surface area contributed by atoms with E-state index >= 15 is 0 Å². The summed E-state index contributed by atoms with van der Waals surface area (Å²) < 4.78 is 1.37. The summed E-state index contributed by atoms with van der Waals surface area (Å²) in [6, 6.07) is 0.370. The van der Waals surface area contributed by atoms with Crippen LogP contribution in [-0.2, 0) is 6.54 Å². The maximum Gasteiger partial charge on any atom is 0.287 e. The van der Waals surface area contributed by atoms with Crippen molar-refractivity contribution in [2.45, 2.75) is 32.4 Å². The van der Waals surface area contributed by atoms with E-state index < -0.39 is 0 Å². The van der Waals surface area contributed by atoms with Crippen molar-refractivity contribution in [2.24, 2.45) is 0 Å². The van der Waals surface area contributed by atoms with E-state index in [1.54, 1.807) is 6.20 Å². The molecule has 0 amide bonds. The van der Waals surface area contributed by atoms with Gasteiger partial charge in [0, 0.05) is 26.2 Å². The number of nitrogens with zero attached hydrogens (tertiary/aromatic N) is 3. The van der Waals surface area contributed by atoms with Gasteiger partial charge in [-0.25, -0.2) is 4.68 Å². The molecule has 1 aliphatic heterocycles. The summed E-state index contributed by atoms with van der Waals surface area (Å²) in [6.45, 7) is 4.39. The molecule has 1 atom stereocenters. The van der Waals surface area contributed by atoms with Gasteiger partial charge in [0.15, 0.2) is 0 Å². The molecule has 1 N–H and O–H groups in total. The van der Waals surface area contributed by atoms with Crippen LogP contribution in [0.4, 0.5) is 5.69 Å². The molecule has 0 spiro atoms. The Bertz CT molecular complexity index is 468. The molecule has 0 saturated carbocycles. The van der Waals surface area contributed by atoms with Crippen molar-refractivity contribution in [1.82, 2.24) is 15.1 Å². The fourth-order valence-corrected chi connectivity index (χ4v) is 2.57. The quantitative estimate of drug-likeness (QED) is 0.894. The van der Waals surface area contributed by atoms with Gasteiger partial charge in [0.1, 0.15) is 5.02 Å². The Balaban J connectivity index is 2.27. The van der Waals surface area contributed by atoms with E-state index in [0.717, 1.165) is 31.6 Å². The highest BCUT2D eigenvalue weighted by Crippen LogP contribution is 2.23. The van der Waals surface area contributed by atoms with E-state index in [1.165, 1.54) is 4.68 Å². The Kier molecular flexibility index (Phi) is 4.24. The average molecular weight is 271 g/mol. The third-order valence-corrected chi connectivity index (χ3v) is 3.82. The van der Waals surface area contributed by atoms with Crippen LogP contribution in [0.5, 0.6) is 0 Å². The van der Waals surface area contributed by atoms with Gasteiger partial charge in [-0.2, -0.15) is 5.10 Å². The zero-order valence-corrected chi connectivity index (χ0v) is 11.6. The largest absolute Gasteiger partial charge is 0.368 e. The van der Waals surface area contributed by atoms with Crippen LogP contribution in [0.25, 0.3) is 0 Å². The first kappa shape index (κ1) is 13.4. The molecular formula is C12H19ClN4O. The molecule has 18 heavy (non-hydrogen) atoms. The molecule has 1 saturated heterocycles. The van der Waals surface area contributed by atoms with E-state index in [1.807, 2.05) is 14.0 Å². The van der Waals surface area contributed by atoms with Crippen molar-refractivity contribution in [3.8, 4) is 0 Å². The fourth-order valence-electron chi connectivity index (χ4n) is 2.29. The van der Waals surface area contributed by atoms with Crippen molar-refractivity contribution in [2.75, 3.05) is 25.0 Å². The Hall–Kier alpha value is -1.07. The first-order valence-corrected chi connectivity index (χ1v) is 6.72. The van der Waals surface area contributed by atoms with E-state index in [-0.39, 0.29) is 10.6 Å². The van der Waals surface area contributed by atoms with Crippen LogP contribution in [0.2, 0.25) is 5.02 Å². The molecule has 1 unspecified atom stereocenters. The Morgan fingerprint density at radius 2 is 2.44 bits per heavy atom. The summed E-state index contributed by atoms with van der Waals surface area (Å²) in [7, 11) is 1.97. The van der Waals surface area contributed by atoms with Gasteiger partial charge in [-0.3, -0.25) is 4.79 Å². The summed E-state index contributed by atoms with van der Waals surface area (Å²) in [5.41, 5.74) is 0.507. The molecule has 100 valence electrons. The first-order chi connectivity index (χ1) is 8.65. The average Bonchev–Trinajstić information content (AvgIpc) is 2.42. The Morgan fingerprint density at radius 1 is 1.67 bits per heavy atom. The van der Waals surface area contributed by atoms with Crippen molar-refractivity contribution in [1.29, 1.82) is 0 Å². The van der Waals surface area contributed by atoms with Gasteiger partial charge in [0.2, 0.25) is 0 Å². The van der Waals surface area contributed by atoms with Gasteiger partial charge < -0.3 is 10.2 Å². The lowest BCUT2D eigenvalue weighted by atomic mass is 10.1. The summed E-state index contributed by atoms with van der Waals surface area (Å²) in [5.74, 6) is 0. The molecule has 6 heteroatoms. The predicted octanol–water partition coefficient (Wildman–Crippen LogP) is 1.10. The fraction of sp³-hybridized carbons (Fsp3) is 0.667. The van der Waals surface area contributed by atoms with E-state index in [2.05, 4.69) is 15.3 Å². The van der Waals surface area contributed by atoms with Crippen LogP contribution >= 0.6 is 11.6 Å². The molecule has 0 radical (unpaired) electrons. The summed E-state index contributed by atoms with van der Waals surface area (Å²) in [6.07, 6.45) is 3.94. The second kappa shape index (κ2) is 5.71. The number of hydrogen-bond acceptors (Lipinski definition) is 4. The molecule has 2 heterocycles. The molecule has 0 aromatic carbocycles. The summed E-state index contributed by atoms with van der Waals surface area (Å²) >= 11 is 6.16. The maximum absolute atomic E-state index is 11.9. The highest BCUT2D eigenvalue weighted by Gasteiger charge is 2.21. The highest BCUT2D eigenvalue weighted by molar-refractivity contribution is 6.33. The molecule has 1 aromatic heterocycles. The zero-order chi connectivity index (χ0) is 13.1. The van der Waals surface area contributed by atoms with Crippen molar-refractivity contribution in [3.05, 3.63) is 21.6 Å². The molecular weight excluding hydrogens is 252 g/mol. The number of halogens is 1. The number of hydrogen-bond donors (Lipinski definition) is 1. The first-order valence-electron chi connectivity index (χ1n) is 6.34. The van der Waals surface area contributed by atoms with Crippen LogP contribution in [-0.4, -0.2) is 36.0 Å². The minimum absolute atomic E-state index is 0.215. The van der Waals surface area contributed by atoms with E-state index in [4.69, 9.17) is 11.6 Å². The topological polar surface area (TPSA) is 50.2 Å². The zero-order valence-electron chi connectivity index (χ0n) is 10.8. The van der Waals surface area contributed by atoms with Crippen molar-refractivity contribution >= 4 is 17.3 Å². The monoisotopic (exact) mass is 270 g/mol. The van der Waals surface area contributed by atoms with Gasteiger partial charge in [-0.05, 0) is 26.3 Å². The molecule has 1 fully saturated rings. The minimum Gasteiger partial charge on any atom is -0.368 e. The van der Waals surface area contributed by atoms with Crippen LogP contribution in [0, 0.1) is 0 Å². The third-order valence-electron chi connectivity index (χ3n) is 3.46. The van der Waals surface area contributed by atoms with Crippen LogP contribution in [0.15, 0.2) is 11.0 Å². The van der Waals surface area contributed by atoms with Gasteiger partial charge in [0.05, 0.1) is 11.9 Å². The number of nitrogens with one attached hydrogen (secondary N) is 1. The highest BCUT2D eigenvalue weighted by atomic mass is 35.5. The number of anilines is 1. The van der Waals surface area contributed by atoms with Crippen LogP contribution < -0.4 is 15.8 Å². The lowest BCUT2D eigenvalue weighted by Crippen LogP contribution is -2.45. The number of aryl methyl sites for hydroxylation is 1. The Morgan fingerprint density at radius 3 is 3.06 bits per heavy atom. The predicted molar refractivity (Wildman–Crippen MR) is 73.5 cm³/mol. The smallest absolute Gasteiger partial charge is 0.287 e. The minimum atomic E-state index is -0.215. The van der Waals surface area contributed by atoms with Crippen LogP contribution in [0.3, 0.4) is 0 Å². The lowest BCUT2D eigenvalue weighted by molar-refractivity contribution is 0.444. The molecule has 0 bridgehead atoms. The molecule has 1 aromatic rings. The van der Waals surface area contributed by atoms with E-state index in [0.29, 0.717) is 12.6 Å². The lowest BCUT2D eigenvalue weighted by Gasteiger charge is -2.33. The number of piperidine rings is 1. The number of rotatable bonds is 3. The second-order valence-electron chi connectivity index (χ2n) is 4.58. The number of likely N-dealkylation sites (N-methyl/N-ethyl adjacent to an activating group) is 1. The SMILES string of the molecule is CCn1ncc(N(C)C2CCCNC2)c(Cl)c1=O. The summed E-state index contributed by atoms with van der Waals surface area (Å²) in [5, 5.41) is 7.75. The standard InChI is InChI=1S/C12H19ClN4O/c1-3-17-12(18)11(13)10(8-15-17)16(2)9-5-4-6-14-7-9/h8-9,14H,3-7H2,1-2H3. The Labute approximate surface area is 112 Å². The third kappa shape index (κ3) is 2.52. The molecule has 0 aliphatic carbocycles. The van der Waals surface area contributed by atoms with Gasteiger partial charge in [-0.1, -0.05) is 11.6 Å². The number of aromatic nitrogens is 2. The van der Waals surface area contributed by atoms with E-state index in [9.17, 15) is 4.79 Å². The maximum atomic E-state index is 11.9. The van der Waals surface area contributed by atoms with Crippen molar-refractivity contribution < 1.29 is 0 Å². The van der Waals surface area contributed by atoms with Crippen LogP contribution in [0.1, 0.15) is 19.8 Å². The van der Waals surface area contributed by atoms with Gasteiger partial charge in [-0.15, -0.1) is 0 Å². The molecule has 1 aliphatic rings. The second-order valence-corrected chi connectivity index (χ2v) is 4.95. The van der Waals surface area contributed by atoms with Gasteiger partial charge >= 0.3 is 0 Å². The van der Waals surface area contributed by atoms with Crippen molar-refractivity contribution in [3.63, 3.8) is 0 Å². The normalized spacial score (nSPS) is 19.8. The molecule has 5 nitrogen and oxygen atoms in total. The molecule has 2 rings (SSSR count). The summed E-state index contributed by atoms with van der Waals surface area (Å²) in [4.78, 5) is 14.0.